The van der Waals surface area contributed by atoms with Gasteiger partial charge in [0.15, 0.2) is 0 Å². The summed E-state index contributed by atoms with van der Waals surface area (Å²) in [6.45, 7) is 2.33. The molecule has 158 valence electrons. The van der Waals surface area contributed by atoms with E-state index in [2.05, 4.69) is 40.9 Å². The molecular weight excluding hydrogens is 442 g/mol. The number of hydrogen-bond donors (Lipinski definition) is 2. The highest BCUT2D eigenvalue weighted by molar-refractivity contribution is 9.18. The second-order valence-electron chi connectivity index (χ2n) is 7.09. The number of H-pyrrole nitrogens is 1. The first kappa shape index (κ1) is 21.5. The van der Waals surface area contributed by atoms with E-state index in [-0.39, 0.29) is 11.9 Å². The van der Waals surface area contributed by atoms with Crippen LogP contribution in [-0.2, 0) is 14.3 Å². The zero-order valence-corrected chi connectivity index (χ0v) is 18.4. The number of amides is 2. The summed E-state index contributed by atoms with van der Waals surface area (Å²) in [6.07, 6.45) is 5.84. The summed E-state index contributed by atoms with van der Waals surface area (Å²) >= 11 is 3.41. The highest BCUT2D eigenvalue weighted by Gasteiger charge is 2.38. The smallest absolute Gasteiger partial charge is 0.407 e. The van der Waals surface area contributed by atoms with E-state index in [9.17, 15) is 9.59 Å². The number of rotatable bonds is 6. The number of nitrogens with one attached hydrogen (secondary N) is 2. The zero-order valence-electron chi connectivity index (χ0n) is 16.8. The second kappa shape index (κ2) is 9.53. The number of aromatic amines is 1. The molecule has 1 saturated heterocycles. The summed E-state index contributed by atoms with van der Waals surface area (Å²) in [5, 5.41) is 2.59. The first-order valence-corrected chi connectivity index (χ1v) is 10.4. The predicted molar refractivity (Wildman–Crippen MR) is 112 cm³/mol. The lowest BCUT2D eigenvalue weighted by atomic mass is 10.1. The number of carbonyl (C=O) groups excluding carboxylic acids is 2. The number of imidazole rings is 1. The van der Waals surface area contributed by atoms with Gasteiger partial charge in [0.05, 0.1) is 35.8 Å². The van der Waals surface area contributed by atoms with Gasteiger partial charge in [-0.3, -0.25) is 9.79 Å². The molecule has 2 amide bonds. The maximum Gasteiger partial charge on any atom is 0.407 e. The second-order valence-corrected chi connectivity index (χ2v) is 8.00. The number of ether oxygens (including phenoxy) is 2. The van der Waals surface area contributed by atoms with Gasteiger partial charge in [-0.05, 0) is 47.7 Å². The number of hydrogen-bond acceptors (Lipinski definition) is 6. The molecule has 3 unspecified atom stereocenters. The van der Waals surface area contributed by atoms with Crippen LogP contribution in [0.2, 0.25) is 0 Å². The maximum absolute atomic E-state index is 13.2. The minimum atomic E-state index is -0.838. The number of likely N-dealkylation sites (tertiary alicyclic amines) is 1. The molecule has 1 aromatic rings. The summed E-state index contributed by atoms with van der Waals surface area (Å²) in [5.74, 6) is 0.526. The van der Waals surface area contributed by atoms with Gasteiger partial charge in [0.1, 0.15) is 11.9 Å². The van der Waals surface area contributed by atoms with Crippen molar-refractivity contribution in [3.63, 3.8) is 0 Å². The van der Waals surface area contributed by atoms with Crippen molar-refractivity contribution in [1.82, 2.24) is 20.2 Å². The lowest BCUT2D eigenvalue weighted by Gasteiger charge is -2.30. The fourth-order valence-corrected chi connectivity index (χ4v) is 3.88. The SMILES string of the molecule is COC(=O)NC(C(=O)N1CCCC1c1ncc(C2=CN=C(Br)CC2)[nH]1)C(C)OC. The van der Waals surface area contributed by atoms with Crippen LogP contribution < -0.4 is 5.32 Å². The minimum Gasteiger partial charge on any atom is -0.453 e. The van der Waals surface area contributed by atoms with Crippen LogP contribution >= 0.6 is 15.9 Å². The van der Waals surface area contributed by atoms with Crippen molar-refractivity contribution >= 4 is 38.1 Å². The number of aliphatic imine (C=N–C) groups is 1. The van der Waals surface area contributed by atoms with Crippen LogP contribution in [0.25, 0.3) is 5.57 Å². The third-order valence-corrected chi connectivity index (χ3v) is 5.92. The number of methoxy groups -OCH3 is 2. The largest absolute Gasteiger partial charge is 0.453 e. The first-order chi connectivity index (χ1) is 13.9. The molecule has 3 heterocycles. The van der Waals surface area contributed by atoms with Crippen molar-refractivity contribution in [2.24, 2.45) is 4.99 Å². The highest BCUT2D eigenvalue weighted by atomic mass is 79.9. The Hall–Kier alpha value is -2.20. The van der Waals surface area contributed by atoms with Crippen LogP contribution in [0.1, 0.15) is 50.2 Å². The number of carbonyl (C=O) groups is 2. The van der Waals surface area contributed by atoms with Crippen molar-refractivity contribution in [3.05, 3.63) is 23.9 Å². The Morgan fingerprint density at radius 1 is 1.38 bits per heavy atom. The van der Waals surface area contributed by atoms with E-state index in [0.29, 0.717) is 6.54 Å². The van der Waals surface area contributed by atoms with Gasteiger partial charge in [0, 0.05) is 26.3 Å². The molecule has 29 heavy (non-hydrogen) atoms. The van der Waals surface area contributed by atoms with Crippen LogP contribution in [0.3, 0.4) is 0 Å². The molecular formula is C19H26BrN5O4. The number of halogens is 1. The van der Waals surface area contributed by atoms with Gasteiger partial charge in [-0.2, -0.15) is 0 Å². The Kier molecular flexibility index (Phi) is 7.07. The van der Waals surface area contributed by atoms with Gasteiger partial charge in [0.25, 0.3) is 0 Å². The van der Waals surface area contributed by atoms with Gasteiger partial charge < -0.3 is 24.7 Å². The minimum absolute atomic E-state index is 0.179. The molecule has 1 aromatic heterocycles. The van der Waals surface area contributed by atoms with Crippen molar-refractivity contribution in [2.45, 2.75) is 50.8 Å². The Labute approximate surface area is 178 Å². The summed E-state index contributed by atoms with van der Waals surface area (Å²) in [7, 11) is 2.77. The third-order valence-electron chi connectivity index (χ3n) is 5.32. The molecule has 9 nitrogen and oxygen atoms in total. The van der Waals surface area contributed by atoms with Gasteiger partial charge in [-0.15, -0.1) is 0 Å². The summed E-state index contributed by atoms with van der Waals surface area (Å²) < 4.78 is 10.9. The molecule has 0 spiro atoms. The quantitative estimate of drug-likeness (QED) is 0.668. The van der Waals surface area contributed by atoms with E-state index in [1.807, 2.05) is 6.20 Å². The summed E-state index contributed by atoms with van der Waals surface area (Å²) in [6, 6.07) is -1.02. The summed E-state index contributed by atoms with van der Waals surface area (Å²) in [5.41, 5.74) is 2.00. The third kappa shape index (κ3) is 4.87. The number of alkyl carbamates (subject to hydrolysis) is 1. The molecule has 0 radical (unpaired) electrons. The van der Waals surface area contributed by atoms with Gasteiger partial charge in [-0.1, -0.05) is 0 Å². The van der Waals surface area contributed by atoms with E-state index >= 15 is 0 Å². The topological polar surface area (TPSA) is 109 Å². The van der Waals surface area contributed by atoms with E-state index in [1.54, 1.807) is 18.0 Å². The fraction of sp³-hybridized carbons (Fsp3) is 0.579. The molecule has 0 saturated carbocycles. The molecule has 3 rings (SSSR count). The molecule has 0 bridgehead atoms. The number of aromatic nitrogens is 2. The van der Waals surface area contributed by atoms with Crippen molar-refractivity contribution in [1.29, 1.82) is 0 Å². The van der Waals surface area contributed by atoms with Crippen LogP contribution in [0.4, 0.5) is 4.79 Å². The molecule has 0 aliphatic carbocycles. The number of allylic oxidation sites excluding steroid dienone is 1. The van der Waals surface area contributed by atoms with Gasteiger partial charge >= 0.3 is 6.09 Å². The fourth-order valence-electron chi connectivity index (χ4n) is 3.58. The molecule has 3 atom stereocenters. The molecule has 2 N–H and O–H groups in total. The highest BCUT2D eigenvalue weighted by Crippen LogP contribution is 2.32. The maximum atomic E-state index is 13.2. The molecule has 2 aliphatic heterocycles. The average Bonchev–Trinajstić information content (AvgIpc) is 3.40. The van der Waals surface area contributed by atoms with Crippen molar-refractivity contribution in [2.75, 3.05) is 20.8 Å². The lowest BCUT2D eigenvalue weighted by molar-refractivity contribution is -0.137. The molecule has 0 aromatic carbocycles. The molecule has 1 fully saturated rings. The Balaban J connectivity index is 1.78. The van der Waals surface area contributed by atoms with Crippen LogP contribution in [0, 0.1) is 0 Å². The Bertz CT molecular complexity index is 821. The first-order valence-electron chi connectivity index (χ1n) is 9.58. The standard InChI is InChI=1S/C19H26BrN5O4/c1-11(28-2)16(24-19(27)29-3)18(26)25-8-4-5-14(25)17-22-10-13(23-17)12-6-7-15(20)21-9-12/h9-11,14,16H,4-8H2,1-3H3,(H,22,23)(H,24,27). The molecule has 2 aliphatic rings. The van der Waals surface area contributed by atoms with E-state index in [4.69, 9.17) is 4.74 Å². The zero-order chi connectivity index (χ0) is 21.0. The van der Waals surface area contributed by atoms with Crippen LogP contribution in [-0.4, -0.2) is 64.4 Å². The van der Waals surface area contributed by atoms with Crippen LogP contribution in [0.5, 0.6) is 0 Å². The predicted octanol–water partition coefficient (Wildman–Crippen LogP) is 2.76. The van der Waals surface area contributed by atoms with Crippen molar-refractivity contribution < 1.29 is 19.1 Å². The van der Waals surface area contributed by atoms with Gasteiger partial charge in [0.2, 0.25) is 5.91 Å². The average molecular weight is 468 g/mol. The Morgan fingerprint density at radius 3 is 2.83 bits per heavy atom. The van der Waals surface area contributed by atoms with E-state index < -0.39 is 18.2 Å². The normalized spacial score (nSPS) is 21.2. The van der Waals surface area contributed by atoms with Gasteiger partial charge in [-0.25, -0.2) is 9.78 Å². The monoisotopic (exact) mass is 467 g/mol. The van der Waals surface area contributed by atoms with E-state index in [0.717, 1.165) is 47.4 Å². The Morgan fingerprint density at radius 2 is 2.17 bits per heavy atom. The van der Waals surface area contributed by atoms with Crippen molar-refractivity contribution in [3.8, 4) is 0 Å². The molecule has 10 heteroatoms. The lowest BCUT2D eigenvalue weighted by Crippen LogP contribution is -2.54. The van der Waals surface area contributed by atoms with Crippen LogP contribution in [0.15, 0.2) is 17.4 Å². The summed E-state index contributed by atoms with van der Waals surface area (Å²) in [4.78, 5) is 38.9. The van der Waals surface area contributed by atoms with E-state index in [1.165, 1.54) is 14.2 Å². The number of nitrogens with zero attached hydrogens (tertiary/aromatic N) is 3.